The van der Waals surface area contributed by atoms with Crippen LogP contribution in [0.5, 0.6) is 0 Å². The van der Waals surface area contributed by atoms with Gasteiger partial charge in [0.2, 0.25) is 5.89 Å². The molecule has 1 aromatic rings. The molecule has 0 spiro atoms. The van der Waals surface area contributed by atoms with Gasteiger partial charge in [-0.2, -0.15) is 4.98 Å². The number of hydrogen-bond acceptors (Lipinski definition) is 6. The van der Waals surface area contributed by atoms with Crippen molar-refractivity contribution in [3.63, 3.8) is 0 Å². The lowest BCUT2D eigenvalue weighted by molar-refractivity contribution is 0.149. The maximum Gasteiger partial charge on any atom is 0.240 e. The van der Waals surface area contributed by atoms with Crippen molar-refractivity contribution in [1.82, 2.24) is 20.4 Å². The lowest BCUT2D eigenvalue weighted by Gasteiger charge is -2.29. The normalized spacial score (nSPS) is 30.3. The Morgan fingerprint density at radius 2 is 2.29 bits per heavy atom. The van der Waals surface area contributed by atoms with Crippen LogP contribution in [-0.4, -0.2) is 51.4 Å². The number of aliphatic hydroxyl groups excluding tert-OH is 1. The highest BCUT2D eigenvalue weighted by Crippen LogP contribution is 2.27. The molecule has 21 heavy (non-hydrogen) atoms. The molecule has 1 aromatic heterocycles. The number of aryl methyl sites for hydroxylation is 1. The van der Waals surface area contributed by atoms with E-state index in [0.717, 1.165) is 38.2 Å². The van der Waals surface area contributed by atoms with Gasteiger partial charge >= 0.3 is 0 Å². The maximum absolute atomic E-state index is 9.71. The number of hydrogen-bond donors (Lipinski definition) is 2. The first-order valence-corrected chi connectivity index (χ1v) is 8.23. The lowest BCUT2D eigenvalue weighted by atomic mass is 10.1. The summed E-state index contributed by atoms with van der Waals surface area (Å²) in [6.07, 6.45) is 6.34. The molecular formula is C15H26N4O2. The molecule has 2 fully saturated rings. The highest BCUT2D eigenvalue weighted by Gasteiger charge is 2.35. The fourth-order valence-corrected chi connectivity index (χ4v) is 3.59. The van der Waals surface area contributed by atoms with Crippen LogP contribution in [-0.2, 0) is 13.0 Å². The van der Waals surface area contributed by atoms with E-state index in [1.807, 2.05) is 0 Å². The fourth-order valence-electron chi connectivity index (χ4n) is 3.59. The predicted molar refractivity (Wildman–Crippen MR) is 78.8 cm³/mol. The number of aromatic nitrogens is 2. The summed E-state index contributed by atoms with van der Waals surface area (Å²) in [6, 6.07) is 1.01. The standard InChI is InChI=1S/C15H26N4O2/c1-2-4-14-17-15(21-18-14)9-16-12-5-3-6-13(12)19-8-7-11(20)10-19/h11-13,16,20H,2-10H2,1H3/t11?,12-,13+/m1/s1. The van der Waals surface area contributed by atoms with Gasteiger partial charge in [0.1, 0.15) is 0 Å². The van der Waals surface area contributed by atoms with Crippen molar-refractivity contribution < 1.29 is 9.63 Å². The third kappa shape index (κ3) is 3.62. The summed E-state index contributed by atoms with van der Waals surface area (Å²) in [7, 11) is 0. The fraction of sp³-hybridized carbons (Fsp3) is 0.867. The summed E-state index contributed by atoms with van der Waals surface area (Å²) in [5, 5.41) is 17.3. The number of aliphatic hydroxyl groups is 1. The summed E-state index contributed by atoms with van der Waals surface area (Å²) in [5.41, 5.74) is 0. The minimum Gasteiger partial charge on any atom is -0.392 e. The Morgan fingerprint density at radius 3 is 3.05 bits per heavy atom. The van der Waals surface area contributed by atoms with Gasteiger partial charge in [-0.15, -0.1) is 0 Å². The third-order valence-electron chi connectivity index (χ3n) is 4.64. The van der Waals surface area contributed by atoms with Crippen molar-refractivity contribution in [2.75, 3.05) is 13.1 Å². The van der Waals surface area contributed by atoms with Gasteiger partial charge in [-0.1, -0.05) is 18.5 Å². The Balaban J connectivity index is 1.51. The van der Waals surface area contributed by atoms with Crippen molar-refractivity contribution in [2.45, 2.75) is 70.2 Å². The van der Waals surface area contributed by atoms with Gasteiger partial charge in [0.25, 0.3) is 0 Å². The molecule has 3 atom stereocenters. The van der Waals surface area contributed by atoms with E-state index in [-0.39, 0.29) is 6.10 Å². The average molecular weight is 294 g/mol. The molecule has 3 rings (SSSR count). The summed E-state index contributed by atoms with van der Waals surface area (Å²) >= 11 is 0. The second-order valence-electron chi connectivity index (χ2n) is 6.28. The summed E-state index contributed by atoms with van der Waals surface area (Å²) < 4.78 is 5.28. The van der Waals surface area contributed by atoms with Crippen LogP contribution in [0.1, 0.15) is 50.7 Å². The zero-order valence-electron chi connectivity index (χ0n) is 12.8. The molecule has 1 aliphatic carbocycles. The average Bonchev–Trinajstić information content (AvgIpc) is 3.17. The van der Waals surface area contributed by atoms with Gasteiger partial charge in [0.05, 0.1) is 12.6 Å². The Kier molecular flexibility index (Phi) is 4.87. The van der Waals surface area contributed by atoms with Crippen LogP contribution >= 0.6 is 0 Å². The zero-order chi connectivity index (χ0) is 14.7. The first-order chi connectivity index (χ1) is 10.3. The molecule has 2 heterocycles. The number of nitrogens with zero attached hydrogens (tertiary/aromatic N) is 3. The summed E-state index contributed by atoms with van der Waals surface area (Å²) in [4.78, 5) is 6.84. The molecule has 1 saturated heterocycles. The Bertz CT molecular complexity index is 451. The molecule has 0 radical (unpaired) electrons. The van der Waals surface area contributed by atoms with E-state index < -0.39 is 0 Å². The Morgan fingerprint density at radius 1 is 1.38 bits per heavy atom. The zero-order valence-corrected chi connectivity index (χ0v) is 12.8. The molecule has 1 aliphatic heterocycles. The van der Waals surface area contributed by atoms with Crippen molar-refractivity contribution in [3.05, 3.63) is 11.7 Å². The van der Waals surface area contributed by atoms with Crippen LogP contribution in [0.2, 0.25) is 0 Å². The van der Waals surface area contributed by atoms with E-state index in [2.05, 4.69) is 27.3 Å². The van der Waals surface area contributed by atoms with E-state index in [0.29, 0.717) is 24.5 Å². The van der Waals surface area contributed by atoms with Gasteiger partial charge in [0, 0.05) is 31.6 Å². The van der Waals surface area contributed by atoms with Crippen LogP contribution in [0.25, 0.3) is 0 Å². The van der Waals surface area contributed by atoms with Gasteiger partial charge < -0.3 is 14.9 Å². The smallest absolute Gasteiger partial charge is 0.240 e. The van der Waals surface area contributed by atoms with Crippen LogP contribution in [0.3, 0.4) is 0 Å². The minimum atomic E-state index is -0.140. The third-order valence-corrected chi connectivity index (χ3v) is 4.64. The Hall–Kier alpha value is -0.980. The first-order valence-electron chi connectivity index (χ1n) is 8.23. The van der Waals surface area contributed by atoms with Gasteiger partial charge in [-0.05, 0) is 25.7 Å². The Labute approximate surface area is 125 Å². The van der Waals surface area contributed by atoms with E-state index in [4.69, 9.17) is 4.52 Å². The van der Waals surface area contributed by atoms with Crippen LogP contribution in [0.4, 0.5) is 0 Å². The molecule has 1 saturated carbocycles. The largest absolute Gasteiger partial charge is 0.392 e. The topological polar surface area (TPSA) is 74.4 Å². The van der Waals surface area contributed by atoms with E-state index >= 15 is 0 Å². The second kappa shape index (κ2) is 6.85. The van der Waals surface area contributed by atoms with Crippen molar-refractivity contribution in [3.8, 4) is 0 Å². The molecule has 2 aliphatic rings. The second-order valence-corrected chi connectivity index (χ2v) is 6.28. The predicted octanol–water partition coefficient (Wildman–Crippen LogP) is 1.10. The van der Waals surface area contributed by atoms with Crippen LogP contribution < -0.4 is 5.32 Å². The van der Waals surface area contributed by atoms with E-state index in [1.165, 1.54) is 19.3 Å². The van der Waals surface area contributed by atoms with E-state index in [1.54, 1.807) is 0 Å². The summed E-state index contributed by atoms with van der Waals surface area (Å²) in [5.74, 6) is 1.49. The number of likely N-dealkylation sites (tertiary alicyclic amines) is 1. The first kappa shape index (κ1) is 14.9. The number of β-amino-alcohol motifs (C(OH)–C–C–N with tert-alkyl or cyclic N) is 1. The molecule has 2 N–H and O–H groups in total. The number of nitrogens with one attached hydrogen (secondary N) is 1. The molecule has 6 nitrogen and oxygen atoms in total. The SMILES string of the molecule is CCCc1noc(CN[C@@H]2CCC[C@@H]2N2CCC(O)C2)n1. The van der Waals surface area contributed by atoms with Crippen molar-refractivity contribution in [1.29, 1.82) is 0 Å². The van der Waals surface area contributed by atoms with Gasteiger partial charge in [0.15, 0.2) is 5.82 Å². The lowest BCUT2D eigenvalue weighted by Crippen LogP contribution is -2.46. The van der Waals surface area contributed by atoms with Gasteiger partial charge in [-0.25, -0.2) is 0 Å². The summed E-state index contributed by atoms with van der Waals surface area (Å²) in [6.45, 7) is 4.60. The molecule has 1 unspecified atom stereocenters. The van der Waals surface area contributed by atoms with Crippen LogP contribution in [0, 0.1) is 0 Å². The quantitative estimate of drug-likeness (QED) is 0.818. The monoisotopic (exact) mass is 294 g/mol. The molecular weight excluding hydrogens is 268 g/mol. The van der Waals surface area contributed by atoms with Gasteiger partial charge in [-0.3, -0.25) is 4.90 Å². The van der Waals surface area contributed by atoms with E-state index in [9.17, 15) is 5.11 Å². The molecule has 6 heteroatoms. The van der Waals surface area contributed by atoms with Crippen molar-refractivity contribution in [2.24, 2.45) is 0 Å². The maximum atomic E-state index is 9.71. The van der Waals surface area contributed by atoms with Crippen LogP contribution in [0.15, 0.2) is 4.52 Å². The molecule has 118 valence electrons. The minimum absolute atomic E-state index is 0.140. The highest BCUT2D eigenvalue weighted by molar-refractivity contribution is 4.95. The molecule has 0 amide bonds. The number of rotatable bonds is 6. The van der Waals surface area contributed by atoms with Crippen molar-refractivity contribution >= 4 is 0 Å². The molecule has 0 aromatic carbocycles. The highest BCUT2D eigenvalue weighted by atomic mass is 16.5. The molecule has 0 bridgehead atoms.